The number of aryl methyl sites for hydroxylation is 1. The summed E-state index contributed by atoms with van der Waals surface area (Å²) in [6.07, 6.45) is 12.5. The molecule has 2 amide bonds. The van der Waals surface area contributed by atoms with Crippen molar-refractivity contribution in [3.8, 4) is 0 Å². The van der Waals surface area contributed by atoms with E-state index in [0.29, 0.717) is 12.5 Å². The molecule has 0 fully saturated rings. The zero-order valence-electron chi connectivity index (χ0n) is 18.2. The molecule has 0 aromatic heterocycles. The molecule has 0 radical (unpaired) electrons. The van der Waals surface area contributed by atoms with Gasteiger partial charge in [0.1, 0.15) is 0 Å². The maximum Gasteiger partial charge on any atom is 0.319 e. The Hall–Kier alpha value is -3.15. The molecule has 1 unspecified atom stereocenters. The number of fused-ring (bicyclic) bond motifs is 1. The van der Waals surface area contributed by atoms with E-state index in [1.807, 2.05) is 30.4 Å². The Morgan fingerprint density at radius 3 is 2.55 bits per heavy atom. The first-order valence-electron chi connectivity index (χ1n) is 10.5. The molecule has 0 aliphatic heterocycles. The van der Waals surface area contributed by atoms with E-state index in [4.69, 9.17) is 5.11 Å². The number of rotatable bonds is 7. The Bertz CT molecular complexity index is 901. The van der Waals surface area contributed by atoms with E-state index in [0.717, 1.165) is 24.9 Å². The van der Waals surface area contributed by atoms with Gasteiger partial charge in [0.05, 0.1) is 6.73 Å². The van der Waals surface area contributed by atoms with Gasteiger partial charge in [-0.2, -0.15) is 0 Å². The summed E-state index contributed by atoms with van der Waals surface area (Å²) in [5.41, 5.74) is 10.7. The molecule has 5 nitrogen and oxygen atoms in total. The highest BCUT2D eigenvalue weighted by molar-refractivity contribution is 5.89. The molecule has 5 N–H and O–H groups in total. The molecule has 2 aromatic rings. The van der Waals surface area contributed by atoms with Gasteiger partial charge in [0.2, 0.25) is 0 Å². The maximum atomic E-state index is 12.0. The van der Waals surface area contributed by atoms with Crippen molar-refractivity contribution in [2.24, 2.45) is 11.7 Å². The van der Waals surface area contributed by atoms with Gasteiger partial charge in [-0.3, -0.25) is 0 Å². The second kappa shape index (κ2) is 13.2. The van der Waals surface area contributed by atoms with Crippen LogP contribution in [0.15, 0.2) is 79.4 Å². The summed E-state index contributed by atoms with van der Waals surface area (Å²) in [6.45, 7) is 5.96. The SMILES string of the molecule is C=C/C=C\C=C\CNC(=O)Nc1ccc2c(c1)CC(Cc1ccc(C)cc1)C2.NCO. The molecule has 0 bridgehead atoms. The summed E-state index contributed by atoms with van der Waals surface area (Å²) in [6, 6.07) is 14.9. The third-order valence-corrected chi connectivity index (χ3v) is 5.00. The fraction of sp³-hybridized carbons (Fsp3) is 0.269. The third-order valence-electron chi connectivity index (χ3n) is 5.00. The van der Waals surface area contributed by atoms with Gasteiger partial charge in [-0.25, -0.2) is 4.79 Å². The van der Waals surface area contributed by atoms with Crippen LogP contribution in [0.5, 0.6) is 0 Å². The number of urea groups is 1. The number of nitrogens with one attached hydrogen (secondary N) is 2. The highest BCUT2D eigenvalue weighted by atomic mass is 16.3. The number of amides is 2. The van der Waals surface area contributed by atoms with Crippen LogP contribution in [0, 0.1) is 12.8 Å². The van der Waals surface area contributed by atoms with Crippen LogP contribution in [0.2, 0.25) is 0 Å². The Kier molecular flexibility index (Phi) is 10.3. The van der Waals surface area contributed by atoms with Crippen molar-refractivity contribution in [3.05, 3.63) is 102 Å². The van der Waals surface area contributed by atoms with Gasteiger partial charge >= 0.3 is 6.03 Å². The van der Waals surface area contributed by atoms with Gasteiger partial charge in [0.25, 0.3) is 0 Å². The number of allylic oxidation sites excluding steroid dienone is 4. The van der Waals surface area contributed by atoms with Crippen molar-refractivity contribution in [2.75, 3.05) is 18.6 Å². The molecule has 0 heterocycles. The molecule has 0 saturated heterocycles. The normalized spacial score (nSPS) is 14.7. The molecule has 1 aliphatic carbocycles. The number of aliphatic hydroxyl groups is 1. The average molecular weight is 420 g/mol. The van der Waals surface area contributed by atoms with Crippen molar-refractivity contribution < 1.29 is 9.90 Å². The van der Waals surface area contributed by atoms with Gasteiger partial charge in [-0.05, 0) is 60.9 Å². The maximum absolute atomic E-state index is 12.0. The lowest BCUT2D eigenvalue weighted by Gasteiger charge is -2.09. The lowest BCUT2D eigenvalue weighted by molar-refractivity contribution is 0.253. The summed E-state index contributed by atoms with van der Waals surface area (Å²) in [7, 11) is 0. The number of hydrogen-bond acceptors (Lipinski definition) is 3. The van der Waals surface area contributed by atoms with E-state index in [-0.39, 0.29) is 12.8 Å². The molecule has 2 aromatic carbocycles. The van der Waals surface area contributed by atoms with Crippen molar-refractivity contribution in [1.82, 2.24) is 5.32 Å². The van der Waals surface area contributed by atoms with E-state index in [1.165, 1.54) is 22.3 Å². The molecule has 31 heavy (non-hydrogen) atoms. The molecular formula is C26H33N3O2. The topological polar surface area (TPSA) is 87.4 Å². The van der Waals surface area contributed by atoms with Crippen molar-refractivity contribution in [2.45, 2.75) is 26.2 Å². The first kappa shape index (κ1) is 24.1. The Morgan fingerprint density at radius 2 is 1.84 bits per heavy atom. The van der Waals surface area contributed by atoms with E-state index < -0.39 is 0 Å². The predicted octanol–water partition coefficient (Wildman–Crippen LogP) is 4.27. The number of benzene rings is 2. The quantitative estimate of drug-likeness (QED) is 0.399. The van der Waals surface area contributed by atoms with Crippen molar-refractivity contribution in [3.63, 3.8) is 0 Å². The highest BCUT2D eigenvalue weighted by Gasteiger charge is 2.22. The van der Waals surface area contributed by atoms with Crippen LogP contribution < -0.4 is 16.4 Å². The second-order valence-corrected chi connectivity index (χ2v) is 7.51. The Morgan fingerprint density at radius 1 is 1.13 bits per heavy atom. The Balaban J connectivity index is 0.00000107. The zero-order chi connectivity index (χ0) is 22.5. The fourth-order valence-electron chi connectivity index (χ4n) is 3.61. The van der Waals surface area contributed by atoms with E-state index in [1.54, 1.807) is 6.08 Å². The van der Waals surface area contributed by atoms with Crippen LogP contribution in [0.3, 0.4) is 0 Å². The number of carbonyl (C=O) groups is 1. The molecule has 164 valence electrons. The average Bonchev–Trinajstić information content (AvgIpc) is 3.14. The molecule has 0 spiro atoms. The second-order valence-electron chi connectivity index (χ2n) is 7.51. The smallest absolute Gasteiger partial charge is 0.319 e. The Labute approximate surface area is 185 Å². The molecule has 3 rings (SSSR count). The lowest BCUT2D eigenvalue weighted by Crippen LogP contribution is -2.28. The van der Waals surface area contributed by atoms with Gasteiger partial charge in [-0.15, -0.1) is 0 Å². The summed E-state index contributed by atoms with van der Waals surface area (Å²) < 4.78 is 0. The molecule has 1 atom stereocenters. The summed E-state index contributed by atoms with van der Waals surface area (Å²) >= 11 is 0. The number of nitrogens with two attached hydrogens (primary N) is 1. The van der Waals surface area contributed by atoms with Gasteiger partial charge in [0.15, 0.2) is 0 Å². The summed E-state index contributed by atoms with van der Waals surface area (Å²) in [5.74, 6) is 0.635. The highest BCUT2D eigenvalue weighted by Crippen LogP contribution is 2.31. The number of aliphatic hydroxyl groups excluding tert-OH is 1. The van der Waals surface area contributed by atoms with Crippen LogP contribution in [0.1, 0.15) is 22.3 Å². The monoisotopic (exact) mass is 419 g/mol. The number of hydrogen-bond donors (Lipinski definition) is 4. The van der Waals surface area contributed by atoms with E-state index in [9.17, 15) is 4.79 Å². The molecular weight excluding hydrogens is 386 g/mol. The first-order valence-corrected chi connectivity index (χ1v) is 10.5. The van der Waals surface area contributed by atoms with Gasteiger partial charge in [0, 0.05) is 12.2 Å². The molecule has 5 heteroatoms. The van der Waals surface area contributed by atoms with Crippen LogP contribution >= 0.6 is 0 Å². The summed E-state index contributed by atoms with van der Waals surface area (Å²) in [5, 5.41) is 13.1. The van der Waals surface area contributed by atoms with E-state index >= 15 is 0 Å². The van der Waals surface area contributed by atoms with Gasteiger partial charge < -0.3 is 21.5 Å². The summed E-state index contributed by atoms with van der Waals surface area (Å²) in [4.78, 5) is 12.0. The van der Waals surface area contributed by atoms with Crippen molar-refractivity contribution >= 4 is 11.7 Å². The fourth-order valence-corrected chi connectivity index (χ4v) is 3.61. The van der Waals surface area contributed by atoms with Crippen LogP contribution in [0.25, 0.3) is 0 Å². The lowest BCUT2D eigenvalue weighted by atomic mass is 9.96. The number of carbonyl (C=O) groups excluding carboxylic acids is 1. The first-order chi connectivity index (χ1) is 15.0. The van der Waals surface area contributed by atoms with Crippen LogP contribution in [0.4, 0.5) is 10.5 Å². The minimum Gasteiger partial charge on any atom is -0.382 e. The minimum atomic E-state index is -0.250. The standard InChI is InChI=1S/C25H28N2O.CH5NO/c1-3-4-5-6-7-14-26-25(28)27-24-13-12-22-16-21(17-23(22)18-24)15-20-10-8-19(2)9-11-20;2-1-3/h3-13,18,21H,1,14-17H2,2H3,(H2,26,27,28);3H,1-2H2/b5-4-,7-6+;. The third kappa shape index (κ3) is 8.62. The minimum absolute atomic E-state index is 0.188. The zero-order valence-corrected chi connectivity index (χ0v) is 18.2. The van der Waals surface area contributed by atoms with Gasteiger partial charge in [-0.1, -0.05) is 72.9 Å². The largest absolute Gasteiger partial charge is 0.382 e. The van der Waals surface area contributed by atoms with Crippen molar-refractivity contribution in [1.29, 1.82) is 0 Å². The number of anilines is 1. The molecule has 0 saturated carbocycles. The van der Waals surface area contributed by atoms with Crippen LogP contribution in [-0.2, 0) is 19.3 Å². The molecule has 1 aliphatic rings. The van der Waals surface area contributed by atoms with E-state index in [2.05, 4.69) is 66.3 Å². The van der Waals surface area contributed by atoms with Crippen LogP contribution in [-0.4, -0.2) is 24.4 Å². The predicted molar refractivity (Wildman–Crippen MR) is 129 cm³/mol.